The Morgan fingerprint density at radius 2 is 2.22 bits per heavy atom. The summed E-state index contributed by atoms with van der Waals surface area (Å²) in [4.78, 5) is 22.7. The zero-order chi connectivity index (χ0) is 13.0. The van der Waals surface area contributed by atoms with Crippen LogP contribution in [0, 0.1) is 6.92 Å². The van der Waals surface area contributed by atoms with Crippen LogP contribution in [0.2, 0.25) is 0 Å². The molecule has 2 rings (SSSR count). The highest BCUT2D eigenvalue weighted by Crippen LogP contribution is 2.14. The molecule has 0 amide bonds. The van der Waals surface area contributed by atoms with Crippen LogP contribution in [-0.2, 0) is 11.3 Å². The molecule has 0 fully saturated rings. The fourth-order valence-electron chi connectivity index (χ4n) is 1.54. The van der Waals surface area contributed by atoms with E-state index >= 15 is 0 Å². The van der Waals surface area contributed by atoms with Gasteiger partial charge in [0.05, 0.1) is 5.69 Å². The average molecular weight is 245 g/mol. The minimum atomic E-state index is -0.185. The minimum absolute atomic E-state index is 0.185. The molecule has 2 aromatic heterocycles. The van der Waals surface area contributed by atoms with Crippen molar-refractivity contribution in [3.63, 3.8) is 0 Å². The molecule has 0 spiro atoms. The molecule has 0 saturated heterocycles. The number of ether oxygens (including phenoxy) is 1. The molecule has 5 nitrogen and oxygen atoms in total. The average Bonchev–Trinajstić information content (AvgIpc) is 2.36. The molecule has 94 valence electrons. The van der Waals surface area contributed by atoms with E-state index in [0.717, 1.165) is 11.3 Å². The summed E-state index contributed by atoms with van der Waals surface area (Å²) < 4.78 is 5.24. The molecule has 18 heavy (non-hydrogen) atoms. The van der Waals surface area contributed by atoms with Gasteiger partial charge in [0.25, 0.3) is 5.56 Å². The summed E-state index contributed by atoms with van der Waals surface area (Å²) in [6, 6.07) is 5.25. The standard InChI is InChI=1S/C13H15N3O2/c1-3-18-8-12-15-11(6-13(17)16-12)10-5-4-9(2)14-7-10/h4-7H,3,8H2,1-2H3,(H,15,16,17). The van der Waals surface area contributed by atoms with Gasteiger partial charge in [0.1, 0.15) is 12.4 Å². The molecule has 0 unspecified atom stereocenters. The predicted molar refractivity (Wildman–Crippen MR) is 68.2 cm³/mol. The van der Waals surface area contributed by atoms with Crippen molar-refractivity contribution in [2.75, 3.05) is 6.61 Å². The van der Waals surface area contributed by atoms with Crippen molar-refractivity contribution in [3.05, 3.63) is 46.3 Å². The van der Waals surface area contributed by atoms with Crippen molar-refractivity contribution >= 4 is 0 Å². The van der Waals surface area contributed by atoms with Crippen molar-refractivity contribution in [3.8, 4) is 11.3 Å². The Morgan fingerprint density at radius 3 is 2.89 bits per heavy atom. The van der Waals surface area contributed by atoms with Gasteiger partial charge in [-0.25, -0.2) is 4.98 Å². The first-order valence-electron chi connectivity index (χ1n) is 5.80. The van der Waals surface area contributed by atoms with Crippen molar-refractivity contribution in [1.82, 2.24) is 15.0 Å². The Hall–Kier alpha value is -2.01. The maximum absolute atomic E-state index is 11.5. The van der Waals surface area contributed by atoms with Crippen molar-refractivity contribution in [2.45, 2.75) is 20.5 Å². The normalized spacial score (nSPS) is 10.6. The Bertz CT molecular complexity index is 576. The van der Waals surface area contributed by atoms with Crippen LogP contribution in [0.1, 0.15) is 18.4 Å². The van der Waals surface area contributed by atoms with E-state index in [1.54, 1.807) is 6.20 Å². The highest BCUT2D eigenvalue weighted by atomic mass is 16.5. The predicted octanol–water partition coefficient (Wildman–Crippen LogP) is 1.68. The van der Waals surface area contributed by atoms with Gasteiger partial charge in [0.15, 0.2) is 0 Å². The molecule has 2 heterocycles. The van der Waals surface area contributed by atoms with Crippen LogP contribution >= 0.6 is 0 Å². The van der Waals surface area contributed by atoms with Crippen LogP contribution in [0.15, 0.2) is 29.2 Å². The number of rotatable bonds is 4. The lowest BCUT2D eigenvalue weighted by Crippen LogP contribution is -2.12. The van der Waals surface area contributed by atoms with Gasteiger partial charge in [-0.15, -0.1) is 0 Å². The van der Waals surface area contributed by atoms with E-state index in [4.69, 9.17) is 4.74 Å². The fraction of sp³-hybridized carbons (Fsp3) is 0.308. The van der Waals surface area contributed by atoms with E-state index in [2.05, 4.69) is 15.0 Å². The quantitative estimate of drug-likeness (QED) is 0.889. The van der Waals surface area contributed by atoms with Gasteiger partial charge in [0, 0.05) is 30.1 Å². The first-order chi connectivity index (χ1) is 8.69. The molecule has 1 N–H and O–H groups in total. The summed E-state index contributed by atoms with van der Waals surface area (Å²) in [7, 11) is 0. The van der Waals surface area contributed by atoms with Crippen molar-refractivity contribution < 1.29 is 4.74 Å². The topological polar surface area (TPSA) is 67.9 Å². The second-order valence-electron chi connectivity index (χ2n) is 3.90. The number of hydrogen-bond donors (Lipinski definition) is 1. The summed E-state index contributed by atoms with van der Waals surface area (Å²) in [6.07, 6.45) is 1.71. The molecular formula is C13H15N3O2. The summed E-state index contributed by atoms with van der Waals surface area (Å²) in [5.41, 5.74) is 2.18. The van der Waals surface area contributed by atoms with E-state index in [1.165, 1.54) is 6.07 Å². The summed E-state index contributed by atoms with van der Waals surface area (Å²) >= 11 is 0. The maximum Gasteiger partial charge on any atom is 0.251 e. The first-order valence-corrected chi connectivity index (χ1v) is 5.80. The van der Waals surface area contributed by atoms with Crippen LogP contribution in [0.25, 0.3) is 11.3 Å². The van der Waals surface area contributed by atoms with Crippen LogP contribution < -0.4 is 5.56 Å². The Balaban J connectivity index is 2.35. The van der Waals surface area contributed by atoms with Gasteiger partial charge in [-0.1, -0.05) is 0 Å². The highest BCUT2D eigenvalue weighted by Gasteiger charge is 2.04. The van der Waals surface area contributed by atoms with Crippen molar-refractivity contribution in [2.24, 2.45) is 0 Å². The van der Waals surface area contributed by atoms with E-state index in [1.807, 2.05) is 26.0 Å². The molecule has 0 aliphatic carbocycles. The lowest BCUT2D eigenvalue weighted by atomic mass is 10.2. The van der Waals surface area contributed by atoms with E-state index in [9.17, 15) is 4.79 Å². The van der Waals surface area contributed by atoms with Crippen molar-refractivity contribution in [1.29, 1.82) is 0 Å². The van der Waals surface area contributed by atoms with Crippen LogP contribution in [0.3, 0.4) is 0 Å². The summed E-state index contributed by atoms with van der Waals surface area (Å²) in [6.45, 7) is 4.69. The third-order valence-corrected chi connectivity index (χ3v) is 2.44. The highest BCUT2D eigenvalue weighted by molar-refractivity contribution is 5.57. The molecule has 2 aromatic rings. The monoisotopic (exact) mass is 245 g/mol. The molecular weight excluding hydrogens is 230 g/mol. The van der Waals surface area contributed by atoms with E-state index < -0.39 is 0 Å². The van der Waals surface area contributed by atoms with Crippen LogP contribution in [0.5, 0.6) is 0 Å². The largest absolute Gasteiger partial charge is 0.374 e. The van der Waals surface area contributed by atoms with E-state index in [0.29, 0.717) is 24.7 Å². The fourth-order valence-corrected chi connectivity index (χ4v) is 1.54. The van der Waals surface area contributed by atoms with E-state index in [-0.39, 0.29) is 5.56 Å². The second-order valence-corrected chi connectivity index (χ2v) is 3.90. The Kier molecular flexibility index (Phi) is 3.84. The van der Waals surface area contributed by atoms with Crippen LogP contribution in [-0.4, -0.2) is 21.6 Å². The zero-order valence-electron chi connectivity index (χ0n) is 10.4. The smallest absolute Gasteiger partial charge is 0.251 e. The lowest BCUT2D eigenvalue weighted by Gasteiger charge is -2.04. The third-order valence-electron chi connectivity index (χ3n) is 2.44. The van der Waals surface area contributed by atoms with Gasteiger partial charge in [-0.3, -0.25) is 9.78 Å². The maximum atomic E-state index is 11.5. The molecule has 0 aromatic carbocycles. The number of nitrogens with zero attached hydrogens (tertiary/aromatic N) is 2. The Morgan fingerprint density at radius 1 is 1.39 bits per heavy atom. The number of aromatic nitrogens is 3. The number of pyridine rings is 1. The summed E-state index contributed by atoms with van der Waals surface area (Å²) in [5, 5.41) is 0. The molecule has 0 aliphatic heterocycles. The van der Waals surface area contributed by atoms with Gasteiger partial charge < -0.3 is 9.72 Å². The van der Waals surface area contributed by atoms with Gasteiger partial charge in [-0.2, -0.15) is 0 Å². The minimum Gasteiger partial charge on any atom is -0.374 e. The van der Waals surface area contributed by atoms with Gasteiger partial charge >= 0.3 is 0 Å². The van der Waals surface area contributed by atoms with Gasteiger partial charge in [0.2, 0.25) is 0 Å². The van der Waals surface area contributed by atoms with Crippen LogP contribution in [0.4, 0.5) is 0 Å². The molecule has 0 bridgehead atoms. The van der Waals surface area contributed by atoms with Gasteiger partial charge in [-0.05, 0) is 26.0 Å². The SMILES string of the molecule is CCOCc1nc(-c2ccc(C)nc2)cc(=O)[nH]1. The lowest BCUT2D eigenvalue weighted by molar-refractivity contribution is 0.128. The summed E-state index contributed by atoms with van der Waals surface area (Å²) in [5.74, 6) is 0.528. The number of aromatic amines is 1. The third kappa shape index (κ3) is 3.01. The number of nitrogens with one attached hydrogen (secondary N) is 1. The molecule has 5 heteroatoms. The first kappa shape index (κ1) is 12.4. The Labute approximate surface area is 105 Å². The number of hydrogen-bond acceptors (Lipinski definition) is 4. The number of aryl methyl sites for hydroxylation is 1. The second kappa shape index (κ2) is 5.55. The molecule has 0 radical (unpaired) electrons. The molecule has 0 atom stereocenters. The zero-order valence-corrected chi connectivity index (χ0v) is 10.4. The molecule has 0 saturated carbocycles. The molecule has 0 aliphatic rings. The number of H-pyrrole nitrogens is 1.